The molecule has 22 heavy (non-hydrogen) atoms. The van der Waals surface area contributed by atoms with Crippen LogP contribution in [0.4, 0.5) is 0 Å². The summed E-state index contributed by atoms with van der Waals surface area (Å²) < 4.78 is 12.0. The van der Waals surface area contributed by atoms with Crippen LogP contribution < -0.4 is 0 Å². The summed E-state index contributed by atoms with van der Waals surface area (Å²) in [6.07, 6.45) is 1.03. The highest BCUT2D eigenvalue weighted by molar-refractivity contribution is 7.99. The smallest absolute Gasteiger partial charge is 0.338 e. The Morgan fingerprint density at radius 1 is 1.18 bits per heavy atom. The molecule has 0 aromatic heterocycles. The zero-order valence-electron chi connectivity index (χ0n) is 13.8. The number of hydrogen-bond acceptors (Lipinski definition) is 4. The molecular weight excluding hydrogens is 296 g/mol. The van der Waals surface area contributed by atoms with Gasteiger partial charge >= 0.3 is 5.97 Å². The number of esters is 1. The number of benzene rings is 1. The number of rotatable bonds is 5. The lowest BCUT2D eigenvalue weighted by atomic mass is 9.83. The highest BCUT2D eigenvalue weighted by Crippen LogP contribution is 2.38. The SMILES string of the molecule is CCS[C@@H]1OC(CC)[C@@H](C)[C@H](C)C1OC(=O)c1ccccc1. The van der Waals surface area contributed by atoms with Crippen molar-refractivity contribution in [2.45, 2.75) is 51.8 Å². The topological polar surface area (TPSA) is 35.5 Å². The number of thioether (sulfide) groups is 1. The van der Waals surface area contributed by atoms with Crippen molar-refractivity contribution in [1.29, 1.82) is 0 Å². The largest absolute Gasteiger partial charge is 0.455 e. The van der Waals surface area contributed by atoms with Gasteiger partial charge in [-0.25, -0.2) is 4.79 Å². The molecule has 0 bridgehead atoms. The Balaban J connectivity index is 2.13. The van der Waals surface area contributed by atoms with Crippen LogP contribution in [-0.4, -0.2) is 29.4 Å². The van der Waals surface area contributed by atoms with Crippen molar-refractivity contribution < 1.29 is 14.3 Å². The zero-order chi connectivity index (χ0) is 16.1. The zero-order valence-corrected chi connectivity index (χ0v) is 14.6. The van der Waals surface area contributed by atoms with E-state index in [9.17, 15) is 4.79 Å². The molecule has 1 heterocycles. The Hall–Kier alpha value is -1.00. The van der Waals surface area contributed by atoms with Gasteiger partial charge in [0.1, 0.15) is 11.5 Å². The third kappa shape index (κ3) is 3.85. The fourth-order valence-electron chi connectivity index (χ4n) is 2.95. The molecule has 1 aromatic carbocycles. The van der Waals surface area contributed by atoms with Gasteiger partial charge in [-0.3, -0.25) is 0 Å². The molecule has 0 aliphatic carbocycles. The monoisotopic (exact) mass is 322 g/mol. The normalized spacial score (nSPS) is 31.7. The minimum absolute atomic E-state index is 0.0752. The summed E-state index contributed by atoms with van der Waals surface area (Å²) in [5.74, 6) is 1.36. The average Bonchev–Trinajstić information content (AvgIpc) is 2.55. The van der Waals surface area contributed by atoms with Crippen molar-refractivity contribution in [3.8, 4) is 0 Å². The first-order chi connectivity index (χ1) is 10.6. The molecular formula is C18H26O3S. The van der Waals surface area contributed by atoms with Gasteiger partial charge in [0.2, 0.25) is 0 Å². The molecule has 122 valence electrons. The van der Waals surface area contributed by atoms with Crippen molar-refractivity contribution in [3.05, 3.63) is 35.9 Å². The van der Waals surface area contributed by atoms with Crippen molar-refractivity contribution in [2.75, 3.05) is 5.75 Å². The molecule has 2 unspecified atom stereocenters. The predicted molar refractivity (Wildman–Crippen MR) is 91.1 cm³/mol. The highest BCUT2D eigenvalue weighted by atomic mass is 32.2. The van der Waals surface area contributed by atoms with Crippen LogP contribution >= 0.6 is 11.8 Å². The van der Waals surface area contributed by atoms with E-state index in [0.29, 0.717) is 11.5 Å². The number of ether oxygens (including phenoxy) is 2. The lowest BCUT2D eigenvalue weighted by Crippen LogP contribution is -2.49. The summed E-state index contributed by atoms with van der Waals surface area (Å²) in [6, 6.07) is 9.18. The van der Waals surface area contributed by atoms with Crippen LogP contribution in [0.25, 0.3) is 0 Å². The van der Waals surface area contributed by atoms with E-state index in [2.05, 4.69) is 27.7 Å². The summed E-state index contributed by atoms with van der Waals surface area (Å²) in [4.78, 5) is 12.4. The van der Waals surface area contributed by atoms with Gasteiger partial charge in [-0.1, -0.05) is 45.9 Å². The second kappa shape index (κ2) is 8.02. The van der Waals surface area contributed by atoms with Crippen LogP contribution in [0.5, 0.6) is 0 Å². The van der Waals surface area contributed by atoms with Crippen LogP contribution in [0, 0.1) is 11.8 Å². The third-order valence-electron chi connectivity index (χ3n) is 4.50. The molecule has 1 aliphatic heterocycles. The molecule has 1 saturated heterocycles. The van der Waals surface area contributed by atoms with E-state index in [0.717, 1.165) is 12.2 Å². The minimum Gasteiger partial charge on any atom is -0.455 e. The molecule has 1 aromatic rings. The fourth-order valence-corrected chi connectivity index (χ4v) is 4.00. The summed E-state index contributed by atoms with van der Waals surface area (Å²) in [5, 5.41) is 0. The molecule has 3 nitrogen and oxygen atoms in total. The average molecular weight is 322 g/mol. The van der Waals surface area contributed by atoms with E-state index in [4.69, 9.17) is 9.47 Å². The van der Waals surface area contributed by atoms with Crippen LogP contribution in [0.2, 0.25) is 0 Å². The van der Waals surface area contributed by atoms with E-state index in [1.807, 2.05) is 18.2 Å². The van der Waals surface area contributed by atoms with E-state index >= 15 is 0 Å². The first-order valence-electron chi connectivity index (χ1n) is 8.11. The van der Waals surface area contributed by atoms with Crippen LogP contribution in [0.3, 0.4) is 0 Å². The van der Waals surface area contributed by atoms with E-state index in [1.54, 1.807) is 23.9 Å². The Morgan fingerprint density at radius 3 is 2.45 bits per heavy atom. The van der Waals surface area contributed by atoms with E-state index in [1.165, 1.54) is 0 Å². The summed E-state index contributed by atoms with van der Waals surface area (Å²) in [6.45, 7) is 8.61. The van der Waals surface area contributed by atoms with Crippen LogP contribution in [-0.2, 0) is 9.47 Å². The van der Waals surface area contributed by atoms with Gasteiger partial charge < -0.3 is 9.47 Å². The third-order valence-corrected chi connectivity index (χ3v) is 5.54. The second-order valence-electron chi connectivity index (χ2n) is 5.86. The van der Waals surface area contributed by atoms with Gasteiger partial charge in [-0.15, -0.1) is 11.8 Å². The predicted octanol–water partition coefficient (Wildman–Crippen LogP) is 4.37. The Morgan fingerprint density at radius 2 is 1.86 bits per heavy atom. The Bertz CT molecular complexity index is 476. The summed E-state index contributed by atoms with van der Waals surface area (Å²) in [7, 11) is 0. The standard InChI is InChI=1S/C18H26O3S/c1-5-15-12(3)13(4)16(18(20-15)22-6-2)21-17(19)14-10-8-7-9-11-14/h7-13,15-16,18H,5-6H2,1-4H3/t12-,13-,15?,16?,18-/m0/s1. The quantitative estimate of drug-likeness (QED) is 0.754. The van der Waals surface area contributed by atoms with Crippen molar-refractivity contribution >= 4 is 17.7 Å². The van der Waals surface area contributed by atoms with Crippen LogP contribution in [0.1, 0.15) is 44.5 Å². The number of carbonyl (C=O) groups excluding carboxylic acids is 1. The number of hydrogen-bond donors (Lipinski definition) is 0. The lowest BCUT2D eigenvalue weighted by Gasteiger charge is -2.43. The number of carbonyl (C=O) groups is 1. The maximum atomic E-state index is 12.4. The Labute approximate surface area is 137 Å². The molecule has 4 heteroatoms. The molecule has 0 amide bonds. The van der Waals surface area contributed by atoms with Crippen LogP contribution in [0.15, 0.2) is 30.3 Å². The van der Waals surface area contributed by atoms with Crippen molar-refractivity contribution in [3.63, 3.8) is 0 Å². The van der Waals surface area contributed by atoms with E-state index in [-0.39, 0.29) is 29.5 Å². The molecule has 5 atom stereocenters. The molecule has 1 aliphatic rings. The summed E-state index contributed by atoms with van der Waals surface area (Å²) >= 11 is 1.72. The maximum absolute atomic E-state index is 12.4. The molecule has 2 rings (SSSR count). The van der Waals surface area contributed by atoms with Gasteiger partial charge in [0, 0.05) is 5.92 Å². The van der Waals surface area contributed by atoms with Gasteiger partial charge in [-0.2, -0.15) is 0 Å². The molecule has 0 spiro atoms. The summed E-state index contributed by atoms with van der Waals surface area (Å²) in [5.41, 5.74) is 0.522. The molecule has 0 radical (unpaired) electrons. The van der Waals surface area contributed by atoms with Crippen molar-refractivity contribution in [1.82, 2.24) is 0 Å². The first-order valence-corrected chi connectivity index (χ1v) is 9.16. The lowest BCUT2D eigenvalue weighted by molar-refractivity contribution is -0.137. The minimum atomic E-state index is -0.259. The first kappa shape index (κ1) is 17.4. The van der Waals surface area contributed by atoms with Gasteiger partial charge in [0.05, 0.1) is 11.7 Å². The second-order valence-corrected chi connectivity index (χ2v) is 7.24. The Kier molecular flexibility index (Phi) is 6.33. The molecule has 0 saturated carbocycles. The molecule has 0 N–H and O–H groups in total. The molecule has 1 fully saturated rings. The van der Waals surface area contributed by atoms with E-state index < -0.39 is 0 Å². The fraction of sp³-hybridized carbons (Fsp3) is 0.611. The van der Waals surface area contributed by atoms with Crippen molar-refractivity contribution in [2.24, 2.45) is 11.8 Å². The van der Waals surface area contributed by atoms with Gasteiger partial charge in [0.25, 0.3) is 0 Å². The highest BCUT2D eigenvalue weighted by Gasteiger charge is 2.43. The van der Waals surface area contributed by atoms with Gasteiger partial charge in [-0.05, 0) is 30.2 Å². The maximum Gasteiger partial charge on any atom is 0.338 e. The van der Waals surface area contributed by atoms with Gasteiger partial charge in [0.15, 0.2) is 0 Å².